The van der Waals surface area contributed by atoms with Gasteiger partial charge in [0.05, 0.1) is 0 Å². The van der Waals surface area contributed by atoms with Crippen LogP contribution >= 0.6 is 0 Å². The average Bonchev–Trinajstić information content (AvgIpc) is 2.30. The molecule has 0 unspecified atom stereocenters. The van der Waals surface area contributed by atoms with Gasteiger partial charge in [0.2, 0.25) is 0 Å². The van der Waals surface area contributed by atoms with Crippen LogP contribution in [0.15, 0.2) is 12.1 Å². The summed E-state index contributed by atoms with van der Waals surface area (Å²) in [6, 6.07) is 4.64. The summed E-state index contributed by atoms with van der Waals surface area (Å²) in [6.45, 7) is 2.91. The molecule has 100 valence electrons. The van der Waals surface area contributed by atoms with E-state index < -0.39 is 11.6 Å². The van der Waals surface area contributed by atoms with E-state index in [0.29, 0.717) is 5.69 Å². The van der Waals surface area contributed by atoms with Gasteiger partial charge in [-0.3, -0.25) is 0 Å². The van der Waals surface area contributed by atoms with Crippen LogP contribution in [0.1, 0.15) is 45.4 Å². The van der Waals surface area contributed by atoms with E-state index in [1.807, 2.05) is 6.07 Å². The summed E-state index contributed by atoms with van der Waals surface area (Å²) >= 11 is 0. The van der Waals surface area contributed by atoms with E-state index in [4.69, 9.17) is 0 Å². The first-order valence-electron chi connectivity index (χ1n) is 6.35. The maximum atomic E-state index is 13.2. The molecule has 0 heterocycles. The zero-order valence-electron chi connectivity index (χ0n) is 10.9. The molecule has 4 heteroatoms. The maximum Gasteiger partial charge on any atom is 0.0359 e. The van der Waals surface area contributed by atoms with E-state index >= 15 is 0 Å². The quantitative estimate of drug-likeness (QED) is 0.421. The van der Waals surface area contributed by atoms with Crippen molar-refractivity contribution in [1.29, 1.82) is 0 Å². The van der Waals surface area contributed by atoms with Crippen molar-refractivity contribution in [2.75, 3.05) is 11.9 Å². The standard InChI is InChI=1S/C14H20F2N.Ti/c1-2-3-4-5-6-7-10-17-14-9-8-12(15)11-13(14)16;/h8-9,17H,2-7,10H2,1H3;/q-1;. The number of halogens is 2. The van der Waals surface area contributed by atoms with Crippen molar-refractivity contribution >= 4 is 5.69 Å². The Morgan fingerprint density at radius 2 is 1.72 bits per heavy atom. The van der Waals surface area contributed by atoms with Crippen LogP contribution in [-0.2, 0) is 21.7 Å². The number of hydrogen-bond donors (Lipinski definition) is 1. The predicted octanol–water partition coefficient (Wildman–Crippen LogP) is 4.53. The van der Waals surface area contributed by atoms with Gasteiger partial charge in [-0.15, -0.1) is 18.2 Å². The maximum absolute atomic E-state index is 13.2. The van der Waals surface area contributed by atoms with Gasteiger partial charge in [0.25, 0.3) is 0 Å². The summed E-state index contributed by atoms with van der Waals surface area (Å²) in [5, 5.41) is 2.96. The second-order valence-corrected chi connectivity index (χ2v) is 4.23. The SMILES string of the molecule is CCCCCCCCNc1ccc(F)[c-]c1F.[Ti]. The zero-order chi connectivity index (χ0) is 12.5. The Kier molecular flexibility index (Phi) is 10.3. The van der Waals surface area contributed by atoms with Gasteiger partial charge in [-0.1, -0.05) is 39.0 Å². The Hall–Kier alpha value is -0.406. The van der Waals surface area contributed by atoms with Gasteiger partial charge in [-0.25, -0.2) is 8.78 Å². The summed E-state index contributed by atoms with van der Waals surface area (Å²) < 4.78 is 25.8. The van der Waals surface area contributed by atoms with E-state index in [0.717, 1.165) is 19.4 Å². The van der Waals surface area contributed by atoms with Gasteiger partial charge < -0.3 is 5.32 Å². The normalized spacial score (nSPS) is 9.94. The molecule has 0 amide bonds. The van der Waals surface area contributed by atoms with E-state index in [2.05, 4.69) is 12.2 Å². The van der Waals surface area contributed by atoms with Crippen molar-refractivity contribution in [2.24, 2.45) is 0 Å². The Balaban J connectivity index is 0.00000289. The van der Waals surface area contributed by atoms with Crippen LogP contribution in [0.3, 0.4) is 0 Å². The molecule has 0 bridgehead atoms. The topological polar surface area (TPSA) is 12.0 Å². The van der Waals surface area contributed by atoms with Gasteiger partial charge in [-0.2, -0.15) is 0 Å². The minimum Gasteiger partial charge on any atom is -0.434 e. The molecule has 0 spiro atoms. The monoisotopic (exact) mass is 288 g/mol. The van der Waals surface area contributed by atoms with Crippen molar-refractivity contribution in [3.8, 4) is 0 Å². The fraction of sp³-hybridized carbons (Fsp3) is 0.571. The van der Waals surface area contributed by atoms with E-state index in [1.54, 1.807) is 0 Å². The number of rotatable bonds is 8. The first-order valence-corrected chi connectivity index (χ1v) is 6.35. The second-order valence-electron chi connectivity index (χ2n) is 4.23. The molecule has 1 nitrogen and oxygen atoms in total. The van der Waals surface area contributed by atoms with E-state index in [9.17, 15) is 8.78 Å². The minimum atomic E-state index is -0.660. The van der Waals surface area contributed by atoms with Crippen molar-refractivity contribution < 1.29 is 30.5 Å². The summed E-state index contributed by atoms with van der Waals surface area (Å²) in [6.07, 6.45) is 7.20. The number of anilines is 1. The smallest absolute Gasteiger partial charge is 0.0359 e. The number of unbranched alkanes of at least 4 members (excludes halogenated alkanes) is 5. The average molecular weight is 288 g/mol. The van der Waals surface area contributed by atoms with Crippen molar-refractivity contribution in [2.45, 2.75) is 45.4 Å². The summed E-state index contributed by atoms with van der Waals surface area (Å²) in [7, 11) is 0. The molecule has 0 saturated carbocycles. The summed E-state index contributed by atoms with van der Waals surface area (Å²) in [4.78, 5) is 0. The van der Waals surface area contributed by atoms with E-state index in [1.165, 1.54) is 37.8 Å². The molecule has 0 saturated heterocycles. The Bertz CT molecular complexity index is 332. The van der Waals surface area contributed by atoms with Crippen LogP contribution in [0.4, 0.5) is 14.5 Å². The van der Waals surface area contributed by atoms with Gasteiger partial charge in [-0.05, 0) is 12.1 Å². The molecule has 0 aliphatic rings. The van der Waals surface area contributed by atoms with Crippen LogP contribution in [0.5, 0.6) is 0 Å². The van der Waals surface area contributed by atoms with Crippen molar-refractivity contribution in [1.82, 2.24) is 0 Å². The second kappa shape index (κ2) is 10.5. The number of benzene rings is 1. The van der Waals surface area contributed by atoms with Crippen LogP contribution < -0.4 is 5.32 Å². The zero-order valence-corrected chi connectivity index (χ0v) is 12.4. The van der Waals surface area contributed by atoms with Crippen molar-refractivity contribution in [3.63, 3.8) is 0 Å². The third-order valence-electron chi connectivity index (χ3n) is 2.71. The third-order valence-corrected chi connectivity index (χ3v) is 2.71. The van der Waals surface area contributed by atoms with Gasteiger partial charge in [0.1, 0.15) is 0 Å². The third kappa shape index (κ3) is 7.12. The minimum absolute atomic E-state index is 0. The summed E-state index contributed by atoms with van der Waals surface area (Å²) in [5.74, 6) is -1.30. The molecule has 0 fully saturated rings. The number of nitrogens with one attached hydrogen (secondary N) is 1. The van der Waals surface area contributed by atoms with E-state index in [-0.39, 0.29) is 21.7 Å². The number of hydrogen-bond acceptors (Lipinski definition) is 1. The molecule has 0 aromatic heterocycles. The molecule has 0 aliphatic carbocycles. The van der Waals surface area contributed by atoms with Crippen molar-refractivity contribution in [3.05, 3.63) is 29.8 Å². The molecule has 1 N–H and O–H groups in total. The Morgan fingerprint density at radius 1 is 1.06 bits per heavy atom. The van der Waals surface area contributed by atoms with Crippen LogP contribution in [0.25, 0.3) is 0 Å². The predicted molar refractivity (Wildman–Crippen MR) is 67.1 cm³/mol. The van der Waals surface area contributed by atoms with Gasteiger partial charge in [0, 0.05) is 39.9 Å². The van der Waals surface area contributed by atoms with Gasteiger partial charge >= 0.3 is 0 Å². The van der Waals surface area contributed by atoms with Crippen LogP contribution in [0, 0.1) is 17.7 Å². The fourth-order valence-corrected chi connectivity index (χ4v) is 1.71. The molecule has 1 rings (SSSR count). The fourth-order valence-electron chi connectivity index (χ4n) is 1.71. The summed E-state index contributed by atoms with van der Waals surface area (Å²) in [5.41, 5.74) is 0.333. The first-order chi connectivity index (χ1) is 8.24. The molecule has 1 aromatic rings. The molecular weight excluding hydrogens is 268 g/mol. The Labute approximate surface area is 123 Å². The molecule has 0 aliphatic heterocycles. The van der Waals surface area contributed by atoms with Crippen LogP contribution in [0.2, 0.25) is 0 Å². The Morgan fingerprint density at radius 3 is 2.39 bits per heavy atom. The molecule has 1 aromatic carbocycles. The molecule has 0 radical (unpaired) electrons. The van der Waals surface area contributed by atoms with Gasteiger partial charge in [0.15, 0.2) is 0 Å². The first kappa shape index (κ1) is 17.6. The molecular formula is C14H20F2NTi-. The largest absolute Gasteiger partial charge is 0.434 e. The van der Waals surface area contributed by atoms with Crippen LogP contribution in [-0.4, -0.2) is 6.54 Å². The molecule has 0 atom stereocenters. The molecule has 18 heavy (non-hydrogen) atoms.